The molecule has 0 bridgehead atoms. The first-order valence-electron chi connectivity index (χ1n) is 6.51. The third kappa shape index (κ3) is 3.85. The largest absolute Gasteiger partial charge is 0.481 e. The van der Waals surface area contributed by atoms with Gasteiger partial charge >= 0.3 is 17.9 Å². The Morgan fingerprint density at radius 2 is 1.91 bits per heavy atom. The van der Waals surface area contributed by atoms with E-state index in [1.165, 1.54) is 20.0 Å². The SMILES string of the molecule is CC1(C)OC(=O)C(=CNc2cccc(CC(=O)O)c2)C(=O)O1. The average Bonchev–Trinajstić information content (AvgIpc) is 2.35. The molecule has 1 fully saturated rings. The van der Waals surface area contributed by atoms with Crippen molar-refractivity contribution in [3.05, 3.63) is 41.6 Å². The van der Waals surface area contributed by atoms with Crippen LogP contribution in [0.25, 0.3) is 0 Å². The van der Waals surface area contributed by atoms with Crippen LogP contribution in [0.2, 0.25) is 0 Å². The van der Waals surface area contributed by atoms with Crippen molar-refractivity contribution in [2.24, 2.45) is 0 Å². The van der Waals surface area contributed by atoms with Crippen LogP contribution in [0, 0.1) is 0 Å². The molecule has 0 atom stereocenters. The highest BCUT2D eigenvalue weighted by Crippen LogP contribution is 2.22. The molecule has 0 unspecified atom stereocenters. The van der Waals surface area contributed by atoms with Crippen LogP contribution < -0.4 is 5.32 Å². The maximum absolute atomic E-state index is 11.7. The predicted molar refractivity (Wildman–Crippen MR) is 75.8 cm³/mol. The van der Waals surface area contributed by atoms with Gasteiger partial charge in [-0.25, -0.2) is 9.59 Å². The molecule has 7 nitrogen and oxygen atoms in total. The van der Waals surface area contributed by atoms with Gasteiger partial charge in [0.2, 0.25) is 0 Å². The number of carboxylic acid groups (broad SMARTS) is 1. The van der Waals surface area contributed by atoms with E-state index >= 15 is 0 Å². The van der Waals surface area contributed by atoms with Crippen LogP contribution in [-0.2, 0) is 30.3 Å². The minimum Gasteiger partial charge on any atom is -0.481 e. The van der Waals surface area contributed by atoms with E-state index < -0.39 is 23.7 Å². The smallest absolute Gasteiger partial charge is 0.350 e. The van der Waals surface area contributed by atoms with E-state index in [0.29, 0.717) is 11.3 Å². The summed E-state index contributed by atoms with van der Waals surface area (Å²) in [5.74, 6) is -3.80. The topological polar surface area (TPSA) is 102 Å². The number of esters is 2. The first kappa shape index (κ1) is 15.6. The van der Waals surface area contributed by atoms with Crippen LogP contribution >= 0.6 is 0 Å². The molecule has 2 rings (SSSR count). The molecule has 1 aliphatic rings. The van der Waals surface area contributed by atoms with E-state index in [4.69, 9.17) is 14.6 Å². The van der Waals surface area contributed by atoms with E-state index in [1.54, 1.807) is 24.3 Å². The standard InChI is InChI=1S/C15H15NO6/c1-15(2)21-13(19)11(14(20)22-15)8-16-10-5-3-4-9(6-10)7-12(17)18/h3-6,8,16H,7H2,1-2H3,(H,17,18). The van der Waals surface area contributed by atoms with Crippen molar-refractivity contribution in [1.82, 2.24) is 0 Å². The molecule has 1 aliphatic heterocycles. The maximum atomic E-state index is 11.7. The lowest BCUT2D eigenvalue weighted by Gasteiger charge is -2.29. The molecule has 22 heavy (non-hydrogen) atoms. The Bertz CT molecular complexity index is 640. The number of hydrogen-bond donors (Lipinski definition) is 2. The Balaban J connectivity index is 2.13. The third-order valence-corrected chi connectivity index (χ3v) is 2.78. The molecule has 0 amide bonds. The lowest BCUT2D eigenvalue weighted by atomic mass is 10.1. The minimum absolute atomic E-state index is 0.121. The number of hydrogen-bond acceptors (Lipinski definition) is 6. The average molecular weight is 305 g/mol. The lowest BCUT2D eigenvalue weighted by Crippen LogP contribution is -2.42. The summed E-state index contributed by atoms with van der Waals surface area (Å²) in [6, 6.07) is 6.61. The van der Waals surface area contributed by atoms with Crippen molar-refractivity contribution in [3.63, 3.8) is 0 Å². The molecule has 0 saturated carbocycles. The van der Waals surface area contributed by atoms with Gasteiger partial charge in [-0.3, -0.25) is 4.79 Å². The van der Waals surface area contributed by atoms with Gasteiger partial charge in [0, 0.05) is 25.7 Å². The van der Waals surface area contributed by atoms with Crippen molar-refractivity contribution in [2.45, 2.75) is 26.1 Å². The number of anilines is 1. The van der Waals surface area contributed by atoms with Crippen LogP contribution in [0.3, 0.4) is 0 Å². The summed E-state index contributed by atoms with van der Waals surface area (Å²) >= 11 is 0. The molecule has 2 N–H and O–H groups in total. The fraction of sp³-hybridized carbons (Fsp3) is 0.267. The maximum Gasteiger partial charge on any atom is 0.350 e. The quantitative estimate of drug-likeness (QED) is 0.493. The molecule has 0 aliphatic carbocycles. The van der Waals surface area contributed by atoms with Gasteiger partial charge in [0.05, 0.1) is 6.42 Å². The zero-order chi connectivity index (χ0) is 16.3. The number of rotatable bonds is 4. The summed E-state index contributed by atoms with van der Waals surface area (Å²) in [5, 5.41) is 11.5. The van der Waals surface area contributed by atoms with Crippen LogP contribution in [0.15, 0.2) is 36.0 Å². The number of cyclic esters (lactones) is 2. The van der Waals surface area contributed by atoms with Gasteiger partial charge in [-0.05, 0) is 17.7 Å². The van der Waals surface area contributed by atoms with Crippen molar-refractivity contribution in [3.8, 4) is 0 Å². The summed E-state index contributed by atoms with van der Waals surface area (Å²) in [6.07, 6.45) is 1.06. The van der Waals surface area contributed by atoms with E-state index in [9.17, 15) is 14.4 Å². The van der Waals surface area contributed by atoms with Gasteiger partial charge in [0.25, 0.3) is 5.79 Å². The van der Waals surface area contributed by atoms with E-state index in [-0.39, 0.29) is 12.0 Å². The Hall–Kier alpha value is -2.83. The van der Waals surface area contributed by atoms with Gasteiger partial charge in [0.15, 0.2) is 5.57 Å². The Morgan fingerprint density at radius 3 is 2.50 bits per heavy atom. The lowest BCUT2D eigenvalue weighted by molar-refractivity contribution is -0.222. The van der Waals surface area contributed by atoms with E-state index in [2.05, 4.69) is 5.32 Å². The van der Waals surface area contributed by atoms with Crippen LogP contribution in [0.1, 0.15) is 19.4 Å². The molecule has 0 radical (unpaired) electrons. The van der Waals surface area contributed by atoms with Crippen molar-refractivity contribution in [1.29, 1.82) is 0 Å². The van der Waals surface area contributed by atoms with Gasteiger partial charge in [-0.15, -0.1) is 0 Å². The highest BCUT2D eigenvalue weighted by molar-refractivity contribution is 6.15. The summed E-state index contributed by atoms with van der Waals surface area (Å²) in [4.78, 5) is 34.2. The molecule has 1 aromatic carbocycles. The number of carboxylic acids is 1. The van der Waals surface area contributed by atoms with Gasteiger partial charge in [-0.2, -0.15) is 0 Å². The molecule has 0 aromatic heterocycles. The van der Waals surface area contributed by atoms with Gasteiger partial charge in [0.1, 0.15) is 0 Å². The first-order valence-corrected chi connectivity index (χ1v) is 6.51. The van der Waals surface area contributed by atoms with Crippen molar-refractivity contribution < 1.29 is 29.0 Å². The van der Waals surface area contributed by atoms with E-state index in [1.807, 2.05) is 0 Å². The number of carbonyl (C=O) groups excluding carboxylic acids is 2. The van der Waals surface area contributed by atoms with Gasteiger partial charge < -0.3 is 19.9 Å². The number of carbonyl (C=O) groups is 3. The molecular weight excluding hydrogens is 290 g/mol. The second-order valence-electron chi connectivity index (χ2n) is 5.15. The minimum atomic E-state index is -1.28. The monoisotopic (exact) mass is 305 g/mol. The molecule has 1 aromatic rings. The summed E-state index contributed by atoms with van der Waals surface area (Å²) in [6.45, 7) is 2.92. The summed E-state index contributed by atoms with van der Waals surface area (Å²) in [5.41, 5.74) is 0.866. The zero-order valence-electron chi connectivity index (χ0n) is 12.1. The number of aliphatic carboxylic acids is 1. The fourth-order valence-electron chi connectivity index (χ4n) is 1.88. The predicted octanol–water partition coefficient (Wildman–Crippen LogP) is 1.45. The van der Waals surface area contributed by atoms with Crippen LogP contribution in [0.4, 0.5) is 5.69 Å². The van der Waals surface area contributed by atoms with E-state index in [0.717, 1.165) is 0 Å². The third-order valence-electron chi connectivity index (χ3n) is 2.78. The highest BCUT2D eigenvalue weighted by Gasteiger charge is 2.38. The van der Waals surface area contributed by atoms with Gasteiger partial charge in [-0.1, -0.05) is 12.1 Å². The Morgan fingerprint density at radius 1 is 1.27 bits per heavy atom. The van der Waals surface area contributed by atoms with Crippen molar-refractivity contribution in [2.75, 3.05) is 5.32 Å². The molecule has 116 valence electrons. The Kier molecular flexibility index (Phi) is 4.16. The Labute approximate surface area is 126 Å². The second kappa shape index (κ2) is 5.88. The zero-order valence-corrected chi connectivity index (χ0v) is 12.1. The molecule has 1 heterocycles. The molecule has 1 saturated heterocycles. The van der Waals surface area contributed by atoms with Crippen LogP contribution in [-0.4, -0.2) is 28.8 Å². The number of ether oxygens (including phenoxy) is 2. The number of benzene rings is 1. The second-order valence-corrected chi connectivity index (χ2v) is 5.15. The molecular formula is C15H15NO6. The van der Waals surface area contributed by atoms with Crippen LogP contribution in [0.5, 0.6) is 0 Å². The highest BCUT2D eigenvalue weighted by atomic mass is 16.7. The normalized spacial score (nSPS) is 16.5. The van der Waals surface area contributed by atoms with Crippen molar-refractivity contribution >= 4 is 23.6 Å². The summed E-state index contributed by atoms with van der Waals surface area (Å²) in [7, 11) is 0. The fourth-order valence-corrected chi connectivity index (χ4v) is 1.88. The molecule has 0 spiro atoms. The summed E-state index contributed by atoms with van der Waals surface area (Å²) < 4.78 is 9.91. The molecule has 7 heteroatoms. The first-order chi connectivity index (χ1) is 10.3. The number of nitrogens with one attached hydrogen (secondary N) is 1.